The first-order valence-corrected chi connectivity index (χ1v) is 6.37. The highest BCUT2D eigenvalue weighted by Gasteiger charge is 2.09. The summed E-state index contributed by atoms with van der Waals surface area (Å²) in [5.74, 6) is 1.83. The lowest BCUT2D eigenvalue weighted by molar-refractivity contribution is -0.138. The summed E-state index contributed by atoms with van der Waals surface area (Å²) in [4.78, 5) is 12.8. The predicted molar refractivity (Wildman–Crippen MR) is 70.0 cm³/mol. The molecule has 0 aliphatic carbocycles. The number of halogens is 1. The van der Waals surface area contributed by atoms with Crippen LogP contribution in [0, 0.1) is 18.2 Å². The van der Waals surface area contributed by atoms with E-state index in [-0.39, 0.29) is 18.9 Å². The van der Waals surface area contributed by atoms with Crippen LogP contribution in [0.2, 0.25) is 0 Å². The number of aliphatic carboxylic acids is 1. The number of terminal acetylenes is 1. The van der Waals surface area contributed by atoms with Gasteiger partial charge in [0.25, 0.3) is 0 Å². The van der Waals surface area contributed by atoms with Crippen LogP contribution < -0.4 is 0 Å². The average Bonchev–Trinajstić information content (AvgIpc) is 2.31. The number of thioether (sulfide) groups is 1. The lowest BCUT2D eigenvalue weighted by atomic mass is 10.3. The van der Waals surface area contributed by atoms with Crippen molar-refractivity contribution < 1.29 is 14.3 Å². The van der Waals surface area contributed by atoms with E-state index < -0.39 is 5.97 Å². The summed E-state index contributed by atoms with van der Waals surface area (Å²) in [6.07, 6.45) is 5.16. The fourth-order valence-corrected chi connectivity index (χ4v) is 2.33. The Morgan fingerprint density at radius 2 is 2.22 bits per heavy atom. The Balaban J connectivity index is 2.41. The summed E-state index contributed by atoms with van der Waals surface area (Å²) in [6.45, 7) is 0.696. The van der Waals surface area contributed by atoms with Crippen LogP contribution in [0.5, 0.6) is 0 Å². The van der Waals surface area contributed by atoms with Crippen molar-refractivity contribution in [1.29, 1.82) is 0 Å². The summed E-state index contributed by atoms with van der Waals surface area (Å²) in [5, 5.41) is 8.69. The second-order valence-corrected chi connectivity index (χ2v) is 4.72. The lowest BCUT2D eigenvalue weighted by Crippen LogP contribution is -2.32. The van der Waals surface area contributed by atoms with Gasteiger partial charge in [-0.05, 0) is 12.1 Å². The number of hydrogen-bond donors (Lipinski definition) is 1. The molecule has 0 fully saturated rings. The van der Waals surface area contributed by atoms with Gasteiger partial charge >= 0.3 is 5.97 Å². The van der Waals surface area contributed by atoms with E-state index in [2.05, 4.69) is 5.92 Å². The Kier molecular flexibility index (Phi) is 6.26. The summed E-state index contributed by atoms with van der Waals surface area (Å²) >= 11 is 1.35. The van der Waals surface area contributed by atoms with Gasteiger partial charge in [0.1, 0.15) is 5.82 Å². The predicted octanol–water partition coefficient (Wildman–Crippen LogP) is 1.94. The number of hydrogen-bond acceptors (Lipinski definition) is 3. The molecular weight excluding hydrogens is 253 g/mol. The molecule has 0 bridgehead atoms. The van der Waals surface area contributed by atoms with Gasteiger partial charge in [0, 0.05) is 17.2 Å². The van der Waals surface area contributed by atoms with E-state index in [0.717, 1.165) is 0 Å². The summed E-state index contributed by atoms with van der Waals surface area (Å²) in [7, 11) is 0. The molecule has 0 spiro atoms. The van der Waals surface area contributed by atoms with Crippen molar-refractivity contribution in [3.8, 4) is 12.3 Å². The normalized spacial score (nSPS) is 10.3. The quantitative estimate of drug-likeness (QED) is 0.605. The largest absolute Gasteiger partial charge is 0.480 e. The van der Waals surface area contributed by atoms with Crippen molar-refractivity contribution in [1.82, 2.24) is 4.90 Å². The third kappa shape index (κ3) is 5.21. The third-order valence-electron chi connectivity index (χ3n) is 2.18. The summed E-state index contributed by atoms with van der Waals surface area (Å²) in [6, 6.07) is 6.50. The monoisotopic (exact) mass is 267 g/mol. The molecule has 0 saturated heterocycles. The number of benzene rings is 1. The van der Waals surface area contributed by atoms with Crippen LogP contribution >= 0.6 is 11.8 Å². The van der Waals surface area contributed by atoms with Crippen molar-refractivity contribution in [3.05, 3.63) is 30.1 Å². The molecule has 3 nitrogen and oxygen atoms in total. The van der Waals surface area contributed by atoms with Crippen LogP contribution in [0.25, 0.3) is 0 Å². The number of carboxylic acids is 1. The maximum atomic E-state index is 13.3. The van der Waals surface area contributed by atoms with Gasteiger partial charge in [-0.25, -0.2) is 4.39 Å². The molecule has 0 aromatic heterocycles. The molecule has 0 unspecified atom stereocenters. The SMILES string of the molecule is C#CCN(CCSc1ccccc1F)CC(=O)O. The van der Waals surface area contributed by atoms with Gasteiger partial charge in [-0.3, -0.25) is 9.69 Å². The Morgan fingerprint density at radius 1 is 1.50 bits per heavy atom. The van der Waals surface area contributed by atoms with Crippen molar-refractivity contribution in [2.45, 2.75) is 4.90 Å². The number of rotatable bonds is 7. The second-order valence-electron chi connectivity index (χ2n) is 3.59. The fraction of sp³-hybridized carbons (Fsp3) is 0.308. The molecule has 1 aromatic rings. The highest BCUT2D eigenvalue weighted by molar-refractivity contribution is 7.99. The van der Waals surface area contributed by atoms with Gasteiger partial charge in [-0.1, -0.05) is 18.1 Å². The topological polar surface area (TPSA) is 40.5 Å². The van der Waals surface area contributed by atoms with Gasteiger partial charge < -0.3 is 5.11 Å². The molecule has 0 aliphatic heterocycles. The molecule has 0 saturated carbocycles. The van der Waals surface area contributed by atoms with E-state index >= 15 is 0 Å². The smallest absolute Gasteiger partial charge is 0.317 e. The molecule has 0 amide bonds. The third-order valence-corrected chi connectivity index (χ3v) is 3.20. The summed E-state index contributed by atoms with van der Waals surface area (Å²) < 4.78 is 13.3. The molecule has 5 heteroatoms. The zero-order valence-corrected chi connectivity index (χ0v) is 10.6. The first-order chi connectivity index (χ1) is 8.63. The minimum absolute atomic E-state index is 0.0952. The van der Waals surface area contributed by atoms with Crippen LogP contribution in [0.1, 0.15) is 0 Å². The highest BCUT2D eigenvalue weighted by Crippen LogP contribution is 2.20. The Bertz CT molecular complexity index is 445. The standard InChI is InChI=1S/C13H14FNO2S/c1-2-7-15(10-13(16)17)8-9-18-12-6-4-3-5-11(12)14/h1,3-6H,7-10H2,(H,16,17). The Labute approximate surface area is 110 Å². The molecule has 96 valence electrons. The van der Waals surface area contributed by atoms with Crippen molar-refractivity contribution in [2.24, 2.45) is 0 Å². The highest BCUT2D eigenvalue weighted by atomic mass is 32.2. The van der Waals surface area contributed by atoms with E-state index in [1.54, 1.807) is 23.1 Å². The first-order valence-electron chi connectivity index (χ1n) is 5.38. The van der Waals surface area contributed by atoms with Crippen molar-refractivity contribution in [3.63, 3.8) is 0 Å². The zero-order chi connectivity index (χ0) is 13.4. The van der Waals surface area contributed by atoms with E-state index in [9.17, 15) is 9.18 Å². The zero-order valence-electron chi connectivity index (χ0n) is 9.80. The van der Waals surface area contributed by atoms with Crippen LogP contribution in [-0.4, -0.2) is 41.4 Å². The Hall–Kier alpha value is -1.51. The second kappa shape index (κ2) is 7.75. The average molecular weight is 267 g/mol. The molecule has 18 heavy (non-hydrogen) atoms. The van der Waals surface area contributed by atoms with Crippen molar-refractivity contribution in [2.75, 3.05) is 25.4 Å². The summed E-state index contributed by atoms with van der Waals surface area (Å²) in [5.41, 5.74) is 0. The van der Waals surface area contributed by atoms with Crippen molar-refractivity contribution >= 4 is 17.7 Å². The van der Waals surface area contributed by atoms with E-state index in [4.69, 9.17) is 11.5 Å². The van der Waals surface area contributed by atoms with Gasteiger partial charge in [-0.15, -0.1) is 18.2 Å². The molecule has 0 atom stereocenters. The first kappa shape index (κ1) is 14.6. The van der Waals surface area contributed by atoms with Crippen LogP contribution in [0.15, 0.2) is 29.2 Å². The van der Waals surface area contributed by atoms with Crippen LogP contribution in [0.4, 0.5) is 4.39 Å². The molecule has 0 aliphatic rings. The molecular formula is C13H14FNO2S. The number of carboxylic acid groups (broad SMARTS) is 1. The number of nitrogens with zero attached hydrogens (tertiary/aromatic N) is 1. The van der Waals surface area contributed by atoms with Crippen LogP contribution in [0.3, 0.4) is 0 Å². The number of carbonyl (C=O) groups is 1. The maximum Gasteiger partial charge on any atom is 0.317 e. The molecule has 1 N–H and O–H groups in total. The van der Waals surface area contributed by atoms with E-state index in [0.29, 0.717) is 17.2 Å². The van der Waals surface area contributed by atoms with E-state index in [1.165, 1.54) is 17.8 Å². The fourth-order valence-electron chi connectivity index (χ4n) is 1.38. The van der Waals surface area contributed by atoms with Gasteiger partial charge in [0.05, 0.1) is 13.1 Å². The molecule has 1 rings (SSSR count). The van der Waals surface area contributed by atoms with Gasteiger partial charge in [-0.2, -0.15) is 0 Å². The van der Waals surface area contributed by atoms with Gasteiger partial charge in [0.15, 0.2) is 0 Å². The maximum absolute atomic E-state index is 13.3. The lowest BCUT2D eigenvalue weighted by Gasteiger charge is -2.16. The van der Waals surface area contributed by atoms with E-state index in [1.807, 2.05) is 0 Å². The van der Waals surface area contributed by atoms with Crippen LogP contribution in [-0.2, 0) is 4.79 Å². The molecule has 0 heterocycles. The van der Waals surface area contributed by atoms with Gasteiger partial charge in [0.2, 0.25) is 0 Å². The Morgan fingerprint density at radius 3 is 2.83 bits per heavy atom. The molecule has 0 radical (unpaired) electrons. The minimum atomic E-state index is -0.916. The molecule has 1 aromatic carbocycles. The minimum Gasteiger partial charge on any atom is -0.480 e.